The maximum absolute atomic E-state index is 13.7. The Morgan fingerprint density at radius 3 is 1.56 bits per heavy atom. The van der Waals surface area contributed by atoms with Gasteiger partial charge < -0.3 is 10.5 Å². The molecule has 2 aromatic carbocycles. The summed E-state index contributed by atoms with van der Waals surface area (Å²) in [5.74, 6) is -0.163. The number of hydrogen-bond donors (Lipinski definition) is 1. The molecule has 0 amide bonds. The molecule has 2 fully saturated rings. The topological polar surface area (TPSA) is 121 Å². The average molecular weight is 655 g/mol. The Morgan fingerprint density at radius 1 is 0.778 bits per heavy atom. The van der Waals surface area contributed by atoms with Crippen molar-refractivity contribution in [1.82, 2.24) is 19.9 Å². The van der Waals surface area contributed by atoms with E-state index >= 15 is 0 Å². The fraction of sp³-hybridized carbons (Fsp3) is 0.333. The minimum Gasteiger partial charge on any atom is -0.462 e. The molecule has 0 radical (unpaired) electrons. The van der Waals surface area contributed by atoms with Crippen LogP contribution in [0.15, 0.2) is 61.2 Å². The van der Waals surface area contributed by atoms with Crippen LogP contribution in [0.2, 0.25) is 10.0 Å². The number of hydrogen-bond acceptors (Lipinski definition) is 8. The summed E-state index contributed by atoms with van der Waals surface area (Å²) in [6.45, 7) is 2.00. The van der Waals surface area contributed by atoms with E-state index < -0.39 is 17.6 Å². The van der Waals surface area contributed by atoms with E-state index in [-0.39, 0.29) is 33.2 Å². The number of ether oxygens (including phenoxy) is 1. The zero-order chi connectivity index (χ0) is 32.2. The molecule has 0 spiro atoms. The van der Waals surface area contributed by atoms with Gasteiger partial charge >= 0.3 is 5.97 Å². The summed E-state index contributed by atoms with van der Waals surface area (Å²) < 4.78 is 32.2. The summed E-state index contributed by atoms with van der Waals surface area (Å²) in [4.78, 5) is 40.0. The molecule has 234 valence electrons. The van der Waals surface area contributed by atoms with Gasteiger partial charge in [0.25, 0.3) is 0 Å². The van der Waals surface area contributed by atoms with Crippen molar-refractivity contribution in [3.63, 3.8) is 0 Å². The number of halogens is 4. The molecule has 2 heterocycles. The summed E-state index contributed by atoms with van der Waals surface area (Å²) in [7, 11) is 0. The molecule has 45 heavy (non-hydrogen) atoms. The smallest absolute Gasteiger partial charge is 0.341 e. The molecule has 12 heteroatoms. The summed E-state index contributed by atoms with van der Waals surface area (Å²) in [6.07, 6.45) is 11.0. The second-order valence-electron chi connectivity index (χ2n) is 11.3. The SMILES string of the molecule is CCOC(=O)c1cnc(CC2(c3ccc(Cl)c(F)c3)CC2)nc1.NCC(=O)c1cnc(CC2(c3ccc(Cl)c(F)c3)CC2)nc1. The van der Waals surface area contributed by atoms with Gasteiger partial charge in [-0.1, -0.05) is 35.3 Å². The summed E-state index contributed by atoms with van der Waals surface area (Å²) >= 11 is 11.5. The van der Waals surface area contributed by atoms with Crippen LogP contribution in [0.25, 0.3) is 0 Å². The molecule has 8 nitrogen and oxygen atoms in total. The van der Waals surface area contributed by atoms with Gasteiger partial charge in [0.05, 0.1) is 34.3 Å². The predicted molar refractivity (Wildman–Crippen MR) is 165 cm³/mol. The van der Waals surface area contributed by atoms with Gasteiger partial charge in [0.1, 0.15) is 23.3 Å². The van der Waals surface area contributed by atoms with E-state index in [1.165, 1.54) is 36.9 Å². The van der Waals surface area contributed by atoms with Crippen LogP contribution in [-0.4, -0.2) is 44.8 Å². The molecule has 0 bridgehead atoms. The van der Waals surface area contributed by atoms with Crippen molar-refractivity contribution in [1.29, 1.82) is 0 Å². The highest BCUT2D eigenvalue weighted by Crippen LogP contribution is 2.51. The van der Waals surface area contributed by atoms with Crippen molar-refractivity contribution >= 4 is 35.0 Å². The molecule has 2 N–H and O–H groups in total. The van der Waals surface area contributed by atoms with E-state index in [2.05, 4.69) is 19.9 Å². The van der Waals surface area contributed by atoms with Crippen molar-refractivity contribution in [3.8, 4) is 0 Å². The molecule has 4 aromatic rings. The Balaban J connectivity index is 0.000000178. The van der Waals surface area contributed by atoms with Gasteiger partial charge in [-0.25, -0.2) is 33.5 Å². The van der Waals surface area contributed by atoms with Crippen LogP contribution in [0, 0.1) is 11.6 Å². The van der Waals surface area contributed by atoms with Crippen molar-refractivity contribution in [2.75, 3.05) is 13.2 Å². The first-order chi connectivity index (χ1) is 21.6. The number of nitrogens with two attached hydrogens (primary N) is 1. The molecule has 2 aromatic heterocycles. The maximum Gasteiger partial charge on any atom is 0.341 e. The molecular weight excluding hydrogens is 623 g/mol. The van der Waals surface area contributed by atoms with E-state index in [4.69, 9.17) is 33.7 Å². The molecule has 2 aliphatic rings. The van der Waals surface area contributed by atoms with Gasteiger partial charge in [-0.15, -0.1) is 0 Å². The zero-order valence-corrected chi connectivity index (χ0v) is 26.0. The van der Waals surface area contributed by atoms with Crippen LogP contribution in [0.5, 0.6) is 0 Å². The zero-order valence-electron chi connectivity index (χ0n) is 24.5. The number of benzene rings is 2. The summed E-state index contributed by atoms with van der Waals surface area (Å²) in [5.41, 5.74) is 7.63. The molecular formula is C33H31Cl2F2N5O3. The van der Waals surface area contributed by atoms with Gasteiger partial charge in [-0.2, -0.15) is 0 Å². The second-order valence-corrected chi connectivity index (χ2v) is 12.1. The van der Waals surface area contributed by atoms with Crippen molar-refractivity contribution in [2.45, 2.75) is 56.3 Å². The van der Waals surface area contributed by atoms with Crippen LogP contribution in [0.1, 0.15) is 76.1 Å². The normalized spacial score (nSPS) is 15.4. The first-order valence-corrected chi connectivity index (χ1v) is 15.3. The van der Waals surface area contributed by atoms with Crippen LogP contribution >= 0.6 is 23.2 Å². The lowest BCUT2D eigenvalue weighted by Crippen LogP contribution is -2.16. The highest BCUT2D eigenvalue weighted by Gasteiger charge is 2.46. The maximum atomic E-state index is 13.7. The third kappa shape index (κ3) is 7.69. The lowest BCUT2D eigenvalue weighted by molar-refractivity contribution is 0.0525. The van der Waals surface area contributed by atoms with E-state index in [0.717, 1.165) is 36.8 Å². The second kappa shape index (κ2) is 13.6. The summed E-state index contributed by atoms with van der Waals surface area (Å²) in [5, 5.41) is 0.250. The lowest BCUT2D eigenvalue weighted by atomic mass is 9.92. The predicted octanol–water partition coefficient (Wildman–Crippen LogP) is 6.40. The molecule has 0 aliphatic heterocycles. The Labute approximate surface area is 269 Å². The number of carbonyl (C=O) groups is 2. The molecule has 6 rings (SSSR count). The largest absolute Gasteiger partial charge is 0.462 e. The Kier molecular flexibility index (Phi) is 9.86. The lowest BCUT2D eigenvalue weighted by Gasteiger charge is -2.15. The number of esters is 1. The number of carbonyl (C=O) groups excluding carboxylic acids is 2. The first kappa shape index (κ1) is 32.5. The van der Waals surface area contributed by atoms with Crippen molar-refractivity contribution in [3.05, 3.63) is 117 Å². The Morgan fingerprint density at radius 2 is 1.20 bits per heavy atom. The van der Waals surface area contributed by atoms with Gasteiger partial charge in [-0.3, -0.25) is 4.79 Å². The Hall–Kier alpha value is -3.86. The fourth-order valence-electron chi connectivity index (χ4n) is 5.17. The quantitative estimate of drug-likeness (QED) is 0.154. The first-order valence-electron chi connectivity index (χ1n) is 14.5. The van der Waals surface area contributed by atoms with Gasteiger partial charge in [-0.05, 0) is 68.0 Å². The van der Waals surface area contributed by atoms with E-state index in [0.29, 0.717) is 42.2 Å². The van der Waals surface area contributed by atoms with Crippen LogP contribution in [-0.2, 0) is 28.4 Å². The number of ketones is 1. The van der Waals surface area contributed by atoms with E-state index in [1.54, 1.807) is 19.1 Å². The minimum absolute atomic E-state index is 0.0588. The molecule has 0 saturated heterocycles. The third-order valence-corrected chi connectivity index (χ3v) is 8.81. The van der Waals surface area contributed by atoms with Crippen LogP contribution in [0.4, 0.5) is 8.78 Å². The fourth-order valence-corrected chi connectivity index (χ4v) is 5.40. The van der Waals surface area contributed by atoms with Gasteiger partial charge in [0.15, 0.2) is 5.78 Å². The van der Waals surface area contributed by atoms with Crippen LogP contribution in [0.3, 0.4) is 0 Å². The molecule has 2 aliphatic carbocycles. The molecule has 0 unspecified atom stereocenters. The van der Waals surface area contributed by atoms with Crippen molar-refractivity contribution < 1.29 is 23.1 Å². The standard InChI is InChI=1S/C17H16ClFN2O2.C16H15ClFN3O/c1-2-23-16(22)11-9-20-15(21-10-11)8-17(5-6-17)12-3-4-13(18)14(19)7-12;17-12-2-1-11(5-13(12)18)16(3-4-16)6-15-20-8-10(9-21-15)14(22)7-19/h3-4,7,9-10H,2,5-6,8H2,1H3;1-2,5,8-9H,3-4,6-7,19H2. The molecule has 0 atom stereocenters. The minimum atomic E-state index is -0.431. The van der Waals surface area contributed by atoms with E-state index in [1.807, 2.05) is 12.1 Å². The van der Waals surface area contributed by atoms with E-state index in [9.17, 15) is 18.4 Å². The number of aromatic nitrogens is 4. The third-order valence-electron chi connectivity index (χ3n) is 8.19. The highest BCUT2D eigenvalue weighted by atomic mass is 35.5. The monoisotopic (exact) mass is 653 g/mol. The number of nitrogens with zero attached hydrogens (tertiary/aromatic N) is 4. The summed E-state index contributed by atoms with van der Waals surface area (Å²) in [6, 6.07) is 9.84. The number of Topliss-reactive ketones (excluding diaryl/α,β-unsaturated/α-hetero) is 1. The number of rotatable bonds is 10. The van der Waals surface area contributed by atoms with Gasteiger partial charge in [0, 0.05) is 48.5 Å². The van der Waals surface area contributed by atoms with Crippen molar-refractivity contribution in [2.24, 2.45) is 5.73 Å². The molecule has 2 saturated carbocycles. The van der Waals surface area contributed by atoms with Crippen LogP contribution < -0.4 is 5.73 Å². The highest BCUT2D eigenvalue weighted by molar-refractivity contribution is 6.31. The average Bonchev–Trinajstić information content (AvgIpc) is 3.98. The van der Waals surface area contributed by atoms with Gasteiger partial charge in [0.2, 0.25) is 0 Å². The Bertz CT molecular complexity index is 1700.